The Bertz CT molecular complexity index is 1210. The fraction of sp³-hybridized carbons (Fsp3) is 0.278. The molecule has 0 spiro atoms. The number of rotatable bonds is 4. The van der Waals surface area contributed by atoms with Crippen LogP contribution in [-0.4, -0.2) is 30.5 Å². The van der Waals surface area contributed by atoms with E-state index < -0.39 is 15.7 Å². The molecule has 2 heterocycles. The highest BCUT2D eigenvalue weighted by atomic mass is 32.2. The molecule has 140 valence electrons. The molecule has 0 unspecified atom stereocenters. The maximum absolute atomic E-state index is 12.4. The van der Waals surface area contributed by atoms with Crippen LogP contribution in [0, 0.1) is 0 Å². The number of carbonyl (C=O) groups is 1. The Kier molecular flexibility index (Phi) is 4.35. The Balaban J connectivity index is 1.52. The van der Waals surface area contributed by atoms with Crippen molar-refractivity contribution in [2.24, 2.45) is 0 Å². The molecule has 1 aliphatic carbocycles. The minimum Gasteiger partial charge on any atom is -0.345 e. The summed E-state index contributed by atoms with van der Waals surface area (Å²) in [6.45, 7) is 0.200. The zero-order valence-corrected chi connectivity index (χ0v) is 16.2. The normalized spacial score (nSPS) is 13.7. The molecule has 7 nitrogen and oxygen atoms in total. The van der Waals surface area contributed by atoms with E-state index >= 15 is 0 Å². The highest BCUT2D eigenvalue weighted by Crippen LogP contribution is 2.34. The Morgan fingerprint density at radius 1 is 1.26 bits per heavy atom. The van der Waals surface area contributed by atoms with E-state index in [1.165, 1.54) is 28.3 Å². The Morgan fingerprint density at radius 3 is 2.70 bits per heavy atom. The summed E-state index contributed by atoms with van der Waals surface area (Å²) in [5.74, 6) is -0.491. The van der Waals surface area contributed by atoms with Gasteiger partial charge in [-0.05, 0) is 42.5 Å². The lowest BCUT2D eigenvalue weighted by molar-refractivity contribution is 0.0940. The third-order valence-electron chi connectivity index (χ3n) is 4.59. The van der Waals surface area contributed by atoms with E-state index in [-0.39, 0.29) is 22.8 Å². The van der Waals surface area contributed by atoms with Gasteiger partial charge in [0.1, 0.15) is 4.83 Å². The number of aryl methyl sites for hydroxylation is 2. The van der Waals surface area contributed by atoms with Gasteiger partial charge in [-0.25, -0.2) is 13.4 Å². The van der Waals surface area contributed by atoms with Gasteiger partial charge >= 0.3 is 0 Å². The van der Waals surface area contributed by atoms with Crippen molar-refractivity contribution >= 4 is 37.3 Å². The molecule has 1 amide bonds. The summed E-state index contributed by atoms with van der Waals surface area (Å²) in [5.41, 5.74) is 1.54. The molecule has 0 radical (unpaired) electrons. The van der Waals surface area contributed by atoms with Gasteiger partial charge in [0.15, 0.2) is 9.84 Å². The highest BCUT2D eigenvalue weighted by Gasteiger charge is 2.22. The second-order valence-corrected chi connectivity index (χ2v) is 9.65. The molecule has 0 saturated heterocycles. The number of thiophene rings is 1. The minimum atomic E-state index is -3.25. The van der Waals surface area contributed by atoms with Crippen LogP contribution < -0.4 is 10.9 Å². The van der Waals surface area contributed by atoms with E-state index in [1.807, 2.05) is 0 Å². The van der Waals surface area contributed by atoms with Crippen molar-refractivity contribution in [3.05, 3.63) is 56.4 Å². The predicted molar refractivity (Wildman–Crippen MR) is 103 cm³/mol. The van der Waals surface area contributed by atoms with E-state index in [2.05, 4.69) is 15.3 Å². The van der Waals surface area contributed by atoms with Crippen LogP contribution in [0.1, 0.15) is 33.0 Å². The zero-order valence-electron chi connectivity index (χ0n) is 14.5. The number of H-pyrrole nitrogens is 1. The summed E-state index contributed by atoms with van der Waals surface area (Å²) in [5, 5.41) is 3.31. The van der Waals surface area contributed by atoms with Gasteiger partial charge in [-0.3, -0.25) is 9.59 Å². The van der Waals surface area contributed by atoms with Crippen LogP contribution in [0.25, 0.3) is 10.2 Å². The number of carbonyl (C=O) groups excluding carboxylic acids is 1. The molecule has 9 heteroatoms. The van der Waals surface area contributed by atoms with E-state index in [4.69, 9.17) is 0 Å². The van der Waals surface area contributed by atoms with Crippen LogP contribution in [0.15, 0.2) is 34.0 Å². The first-order valence-corrected chi connectivity index (χ1v) is 11.2. The molecule has 3 aromatic rings. The summed E-state index contributed by atoms with van der Waals surface area (Å²) in [7, 11) is -3.25. The first-order valence-electron chi connectivity index (χ1n) is 8.44. The van der Waals surface area contributed by atoms with Gasteiger partial charge < -0.3 is 10.3 Å². The van der Waals surface area contributed by atoms with Gasteiger partial charge in [-0.1, -0.05) is 12.1 Å². The number of sulfone groups is 1. The van der Waals surface area contributed by atoms with E-state index in [9.17, 15) is 18.0 Å². The summed E-state index contributed by atoms with van der Waals surface area (Å²) in [6, 6.07) is 6.27. The van der Waals surface area contributed by atoms with Crippen LogP contribution in [0.2, 0.25) is 0 Å². The molecule has 4 rings (SSSR count). The third kappa shape index (κ3) is 3.40. The van der Waals surface area contributed by atoms with Gasteiger partial charge in [0.25, 0.3) is 11.5 Å². The van der Waals surface area contributed by atoms with Crippen molar-refractivity contribution in [2.45, 2.75) is 30.7 Å². The molecule has 0 atom stereocenters. The summed E-state index contributed by atoms with van der Waals surface area (Å²) < 4.78 is 23.0. The summed E-state index contributed by atoms with van der Waals surface area (Å²) in [6.07, 6.45) is 4.04. The third-order valence-corrected chi connectivity index (χ3v) is 6.91. The van der Waals surface area contributed by atoms with Crippen LogP contribution in [0.5, 0.6) is 0 Å². The number of nitrogens with zero attached hydrogens (tertiary/aromatic N) is 1. The number of amides is 1. The molecule has 2 aromatic heterocycles. The van der Waals surface area contributed by atoms with Gasteiger partial charge in [0.2, 0.25) is 5.82 Å². The monoisotopic (exact) mass is 403 g/mol. The zero-order chi connectivity index (χ0) is 19.2. The molecule has 0 fully saturated rings. The maximum atomic E-state index is 12.4. The van der Waals surface area contributed by atoms with E-state index in [1.54, 1.807) is 12.1 Å². The van der Waals surface area contributed by atoms with Gasteiger partial charge in [-0.2, -0.15) is 0 Å². The quantitative estimate of drug-likeness (QED) is 0.690. The number of benzene rings is 1. The highest BCUT2D eigenvalue weighted by molar-refractivity contribution is 7.90. The van der Waals surface area contributed by atoms with Gasteiger partial charge in [-0.15, -0.1) is 11.3 Å². The molecule has 0 aliphatic heterocycles. The minimum absolute atomic E-state index is 0.0137. The van der Waals surface area contributed by atoms with Crippen molar-refractivity contribution in [2.75, 3.05) is 6.26 Å². The smallest absolute Gasteiger partial charge is 0.287 e. The first kappa shape index (κ1) is 17.9. The number of nitrogens with one attached hydrogen (secondary N) is 2. The average Bonchev–Trinajstić information content (AvgIpc) is 3.19. The molecule has 27 heavy (non-hydrogen) atoms. The number of hydrogen-bond donors (Lipinski definition) is 2. The van der Waals surface area contributed by atoms with Gasteiger partial charge in [0.05, 0.1) is 10.3 Å². The summed E-state index contributed by atoms with van der Waals surface area (Å²) >= 11 is 1.48. The van der Waals surface area contributed by atoms with Crippen LogP contribution in [0.4, 0.5) is 0 Å². The fourth-order valence-corrected chi connectivity index (χ4v) is 5.12. The molecule has 1 aliphatic rings. The van der Waals surface area contributed by atoms with E-state index in [0.717, 1.165) is 36.6 Å². The predicted octanol–water partition coefficient (Wildman–Crippen LogP) is 1.81. The Labute approximate surface area is 159 Å². The van der Waals surface area contributed by atoms with Crippen molar-refractivity contribution in [1.29, 1.82) is 0 Å². The molecule has 1 aromatic carbocycles. The van der Waals surface area contributed by atoms with Crippen molar-refractivity contribution in [3.63, 3.8) is 0 Å². The van der Waals surface area contributed by atoms with Crippen molar-refractivity contribution in [3.8, 4) is 0 Å². The van der Waals surface area contributed by atoms with Crippen LogP contribution >= 0.6 is 11.3 Å². The molecule has 0 bridgehead atoms. The SMILES string of the molecule is CS(=O)(=O)c1ccc(CNC(=O)c2nc3sc4c(c3c(=O)[nH]2)CCC4)cc1. The second kappa shape index (κ2) is 6.58. The Morgan fingerprint density at radius 2 is 2.00 bits per heavy atom. The van der Waals surface area contributed by atoms with Crippen LogP contribution in [-0.2, 0) is 29.2 Å². The Hall–Kier alpha value is -2.52. The second-order valence-electron chi connectivity index (χ2n) is 6.55. The lowest BCUT2D eigenvalue weighted by Gasteiger charge is -2.06. The number of aromatic amines is 1. The fourth-order valence-electron chi connectivity index (χ4n) is 3.23. The molecular formula is C18H17N3O4S2. The standard InChI is InChI=1S/C18H17N3O4S2/c1-27(24,25)11-7-5-10(6-8-11)9-19-17(23)15-20-16(22)14-12-3-2-4-13(12)26-18(14)21-15/h5-8H,2-4,9H2,1H3,(H,19,23)(H,20,21,22). The lowest BCUT2D eigenvalue weighted by atomic mass is 10.2. The van der Waals surface area contributed by atoms with Crippen LogP contribution in [0.3, 0.4) is 0 Å². The van der Waals surface area contributed by atoms with Gasteiger partial charge in [0, 0.05) is 17.7 Å². The summed E-state index contributed by atoms with van der Waals surface area (Å²) in [4.78, 5) is 33.7. The number of fused-ring (bicyclic) bond motifs is 3. The van der Waals surface area contributed by atoms with E-state index in [0.29, 0.717) is 10.2 Å². The largest absolute Gasteiger partial charge is 0.345 e. The maximum Gasteiger partial charge on any atom is 0.287 e. The number of hydrogen-bond acceptors (Lipinski definition) is 6. The van der Waals surface area contributed by atoms with Crippen molar-refractivity contribution < 1.29 is 13.2 Å². The molecular weight excluding hydrogens is 386 g/mol. The molecule has 0 saturated carbocycles. The van der Waals surface area contributed by atoms with Crippen molar-refractivity contribution in [1.82, 2.24) is 15.3 Å². The lowest BCUT2D eigenvalue weighted by Crippen LogP contribution is -2.27. The number of aromatic nitrogens is 2. The topological polar surface area (TPSA) is 109 Å². The first-order chi connectivity index (χ1) is 12.8. The average molecular weight is 403 g/mol. The molecule has 2 N–H and O–H groups in total.